The highest BCUT2D eigenvalue weighted by molar-refractivity contribution is 5.76. The van der Waals surface area contributed by atoms with E-state index in [2.05, 4.69) is 31.2 Å². The van der Waals surface area contributed by atoms with Gasteiger partial charge in [-0.15, -0.1) is 0 Å². The average molecular weight is 274 g/mol. The maximum Gasteiger partial charge on any atom is 0.222 e. The lowest BCUT2D eigenvalue weighted by Crippen LogP contribution is -2.49. The highest BCUT2D eigenvalue weighted by Gasteiger charge is 2.27. The standard InChI is InChI=1S/C17H26N2O/c1-3-4-17(20)19-11-15(10-16(18)12-19)9-14-7-5-13(2)6-8-14/h5-8,15-16H,3-4,9-12,18H2,1-2H3. The van der Waals surface area contributed by atoms with E-state index in [0.29, 0.717) is 12.3 Å². The second-order valence-electron chi connectivity index (χ2n) is 6.10. The van der Waals surface area contributed by atoms with Crippen LogP contribution in [0.25, 0.3) is 0 Å². The first-order valence-electron chi connectivity index (χ1n) is 7.67. The van der Waals surface area contributed by atoms with Crippen molar-refractivity contribution in [1.29, 1.82) is 0 Å². The first-order chi connectivity index (χ1) is 9.58. The normalized spacial score (nSPS) is 22.9. The third kappa shape index (κ3) is 4.07. The Morgan fingerprint density at radius 2 is 2.00 bits per heavy atom. The number of hydrogen-bond donors (Lipinski definition) is 1. The van der Waals surface area contributed by atoms with Crippen LogP contribution in [-0.2, 0) is 11.2 Å². The van der Waals surface area contributed by atoms with Gasteiger partial charge in [0, 0.05) is 25.6 Å². The summed E-state index contributed by atoms with van der Waals surface area (Å²) in [6.45, 7) is 5.74. The van der Waals surface area contributed by atoms with Crippen molar-refractivity contribution < 1.29 is 4.79 Å². The van der Waals surface area contributed by atoms with E-state index in [9.17, 15) is 4.79 Å². The average Bonchev–Trinajstić information content (AvgIpc) is 2.41. The number of nitrogens with zero attached hydrogens (tertiary/aromatic N) is 1. The molecular weight excluding hydrogens is 248 g/mol. The second-order valence-corrected chi connectivity index (χ2v) is 6.10. The Balaban J connectivity index is 1.97. The molecule has 0 saturated carbocycles. The number of hydrogen-bond acceptors (Lipinski definition) is 2. The zero-order valence-corrected chi connectivity index (χ0v) is 12.6. The monoisotopic (exact) mass is 274 g/mol. The van der Waals surface area contributed by atoms with Gasteiger partial charge in [-0.3, -0.25) is 4.79 Å². The van der Waals surface area contributed by atoms with Crippen LogP contribution >= 0.6 is 0 Å². The number of piperidine rings is 1. The Kier molecular flexibility index (Phi) is 5.18. The fourth-order valence-corrected chi connectivity index (χ4v) is 3.03. The molecule has 1 fully saturated rings. The smallest absolute Gasteiger partial charge is 0.222 e. The zero-order chi connectivity index (χ0) is 14.5. The van der Waals surface area contributed by atoms with Crippen LogP contribution in [0.15, 0.2) is 24.3 Å². The van der Waals surface area contributed by atoms with E-state index in [-0.39, 0.29) is 11.9 Å². The third-order valence-corrected chi connectivity index (χ3v) is 4.03. The van der Waals surface area contributed by atoms with Crippen molar-refractivity contribution in [2.24, 2.45) is 11.7 Å². The fourth-order valence-electron chi connectivity index (χ4n) is 3.03. The molecule has 0 spiro atoms. The Labute approximate surface area is 122 Å². The van der Waals surface area contributed by atoms with Gasteiger partial charge in [0.2, 0.25) is 5.91 Å². The van der Waals surface area contributed by atoms with Gasteiger partial charge < -0.3 is 10.6 Å². The van der Waals surface area contributed by atoms with Gasteiger partial charge in [0.25, 0.3) is 0 Å². The Hall–Kier alpha value is -1.35. The summed E-state index contributed by atoms with van der Waals surface area (Å²) in [5.74, 6) is 0.749. The van der Waals surface area contributed by atoms with Crippen LogP contribution in [0.1, 0.15) is 37.3 Å². The summed E-state index contributed by atoms with van der Waals surface area (Å²) >= 11 is 0. The first-order valence-corrected chi connectivity index (χ1v) is 7.67. The predicted octanol–water partition coefficient (Wildman–Crippen LogP) is 2.51. The number of carbonyl (C=O) groups excluding carboxylic acids is 1. The summed E-state index contributed by atoms with van der Waals surface area (Å²) in [4.78, 5) is 14.0. The quantitative estimate of drug-likeness (QED) is 0.917. The summed E-state index contributed by atoms with van der Waals surface area (Å²) in [6.07, 6.45) is 3.59. The van der Waals surface area contributed by atoms with E-state index in [0.717, 1.165) is 32.4 Å². The summed E-state index contributed by atoms with van der Waals surface area (Å²) in [5.41, 5.74) is 8.76. The van der Waals surface area contributed by atoms with Gasteiger partial charge in [0.15, 0.2) is 0 Å². The summed E-state index contributed by atoms with van der Waals surface area (Å²) < 4.78 is 0. The number of nitrogens with two attached hydrogens (primary N) is 1. The molecule has 1 aromatic carbocycles. The zero-order valence-electron chi connectivity index (χ0n) is 12.6. The summed E-state index contributed by atoms with van der Waals surface area (Å²) in [5, 5.41) is 0. The van der Waals surface area contributed by atoms with Crippen LogP contribution in [0, 0.1) is 12.8 Å². The van der Waals surface area contributed by atoms with E-state index in [4.69, 9.17) is 5.73 Å². The van der Waals surface area contributed by atoms with E-state index in [1.165, 1.54) is 11.1 Å². The maximum absolute atomic E-state index is 12.1. The SMILES string of the molecule is CCCC(=O)N1CC(N)CC(Cc2ccc(C)cc2)C1. The highest BCUT2D eigenvalue weighted by Crippen LogP contribution is 2.21. The molecule has 3 heteroatoms. The number of amides is 1. The largest absolute Gasteiger partial charge is 0.341 e. The molecule has 1 saturated heterocycles. The van der Waals surface area contributed by atoms with Crippen molar-refractivity contribution in [3.63, 3.8) is 0 Å². The van der Waals surface area contributed by atoms with Crippen molar-refractivity contribution in [3.05, 3.63) is 35.4 Å². The van der Waals surface area contributed by atoms with Gasteiger partial charge in [-0.05, 0) is 37.7 Å². The van der Waals surface area contributed by atoms with E-state index in [1.54, 1.807) is 0 Å². The lowest BCUT2D eigenvalue weighted by Gasteiger charge is -2.36. The molecule has 1 aromatic rings. The molecular formula is C17H26N2O. The van der Waals surface area contributed by atoms with Crippen LogP contribution in [0.2, 0.25) is 0 Å². The lowest BCUT2D eigenvalue weighted by atomic mass is 9.88. The van der Waals surface area contributed by atoms with Gasteiger partial charge in [0.1, 0.15) is 0 Å². The van der Waals surface area contributed by atoms with Crippen LogP contribution in [0.4, 0.5) is 0 Å². The van der Waals surface area contributed by atoms with Gasteiger partial charge in [-0.2, -0.15) is 0 Å². The fraction of sp³-hybridized carbons (Fsp3) is 0.588. The number of aryl methyl sites for hydroxylation is 1. The third-order valence-electron chi connectivity index (χ3n) is 4.03. The number of rotatable bonds is 4. The van der Waals surface area contributed by atoms with Gasteiger partial charge >= 0.3 is 0 Å². The van der Waals surface area contributed by atoms with Crippen molar-refractivity contribution in [2.45, 2.75) is 45.6 Å². The molecule has 2 N–H and O–H groups in total. The van der Waals surface area contributed by atoms with Gasteiger partial charge in [-0.25, -0.2) is 0 Å². The predicted molar refractivity (Wildman–Crippen MR) is 82.5 cm³/mol. The van der Waals surface area contributed by atoms with E-state index >= 15 is 0 Å². The number of carbonyl (C=O) groups is 1. The minimum atomic E-state index is 0.125. The van der Waals surface area contributed by atoms with Gasteiger partial charge in [-0.1, -0.05) is 36.8 Å². The Morgan fingerprint density at radius 3 is 2.65 bits per heavy atom. The number of likely N-dealkylation sites (tertiary alicyclic amines) is 1. The Bertz CT molecular complexity index is 441. The van der Waals surface area contributed by atoms with Crippen molar-refractivity contribution >= 4 is 5.91 Å². The van der Waals surface area contributed by atoms with E-state index < -0.39 is 0 Å². The molecule has 0 aliphatic carbocycles. The first kappa shape index (κ1) is 15.0. The molecule has 2 rings (SSSR count). The molecule has 1 aliphatic rings. The van der Waals surface area contributed by atoms with Crippen LogP contribution < -0.4 is 5.73 Å². The summed E-state index contributed by atoms with van der Waals surface area (Å²) in [6, 6.07) is 8.80. The topological polar surface area (TPSA) is 46.3 Å². The molecule has 3 nitrogen and oxygen atoms in total. The summed E-state index contributed by atoms with van der Waals surface area (Å²) in [7, 11) is 0. The second kappa shape index (κ2) is 6.89. The van der Waals surface area contributed by atoms with Crippen molar-refractivity contribution in [1.82, 2.24) is 4.90 Å². The maximum atomic E-state index is 12.1. The number of benzene rings is 1. The Morgan fingerprint density at radius 1 is 1.30 bits per heavy atom. The highest BCUT2D eigenvalue weighted by atomic mass is 16.2. The van der Waals surface area contributed by atoms with E-state index in [1.807, 2.05) is 11.8 Å². The minimum absolute atomic E-state index is 0.125. The van der Waals surface area contributed by atoms with Gasteiger partial charge in [0.05, 0.1) is 0 Å². The minimum Gasteiger partial charge on any atom is -0.341 e. The van der Waals surface area contributed by atoms with Crippen LogP contribution in [0.5, 0.6) is 0 Å². The van der Waals surface area contributed by atoms with Crippen LogP contribution in [-0.4, -0.2) is 29.9 Å². The molecule has 1 aliphatic heterocycles. The lowest BCUT2D eigenvalue weighted by molar-refractivity contribution is -0.133. The molecule has 2 atom stereocenters. The molecule has 0 bridgehead atoms. The molecule has 20 heavy (non-hydrogen) atoms. The molecule has 2 unspecified atom stereocenters. The van der Waals surface area contributed by atoms with Crippen molar-refractivity contribution in [2.75, 3.05) is 13.1 Å². The van der Waals surface area contributed by atoms with Crippen molar-refractivity contribution in [3.8, 4) is 0 Å². The molecule has 1 amide bonds. The van der Waals surface area contributed by atoms with Crippen LogP contribution in [0.3, 0.4) is 0 Å². The molecule has 110 valence electrons. The molecule has 0 radical (unpaired) electrons. The molecule has 0 aromatic heterocycles. The molecule has 1 heterocycles.